The molecule has 1 aromatic carbocycles. The first-order valence-electron chi connectivity index (χ1n) is 9.44. The fourth-order valence-electron chi connectivity index (χ4n) is 4.36. The molecular formula is C19H21FN4O5S. The highest BCUT2D eigenvalue weighted by atomic mass is 32.2. The molecule has 9 nitrogen and oxygen atoms in total. The van der Waals surface area contributed by atoms with Crippen LogP contribution in [-0.4, -0.2) is 35.2 Å². The van der Waals surface area contributed by atoms with Gasteiger partial charge in [-0.15, -0.1) is 0 Å². The van der Waals surface area contributed by atoms with Crippen molar-refractivity contribution < 1.29 is 22.7 Å². The fraction of sp³-hybridized carbons (Fsp3) is 0.421. The van der Waals surface area contributed by atoms with E-state index in [9.17, 15) is 27.5 Å². The van der Waals surface area contributed by atoms with Crippen molar-refractivity contribution in [1.82, 2.24) is 19.6 Å². The minimum Gasteiger partial charge on any atom is -0.501 e. The number of rotatable bonds is 5. The van der Waals surface area contributed by atoms with E-state index in [1.165, 1.54) is 28.8 Å². The Morgan fingerprint density at radius 1 is 1.37 bits per heavy atom. The van der Waals surface area contributed by atoms with E-state index in [4.69, 9.17) is 0 Å². The predicted octanol–water partition coefficient (Wildman–Crippen LogP) is 0.576. The van der Waals surface area contributed by atoms with E-state index < -0.39 is 44.3 Å². The summed E-state index contributed by atoms with van der Waals surface area (Å²) in [6, 6.07) is 5.49. The molecule has 11 heteroatoms. The molecule has 0 saturated heterocycles. The third kappa shape index (κ3) is 3.70. The molecule has 2 bridgehead atoms. The van der Waals surface area contributed by atoms with Gasteiger partial charge < -0.3 is 10.4 Å². The largest absolute Gasteiger partial charge is 0.501 e. The Hall–Kier alpha value is -2.79. The summed E-state index contributed by atoms with van der Waals surface area (Å²) < 4.78 is 40.8. The van der Waals surface area contributed by atoms with Crippen molar-refractivity contribution >= 4 is 15.9 Å². The maximum atomic E-state index is 13.0. The SMILES string of the molecule is CS(=O)(=O)N[C@@]12CC[C@@H](Cn3c1nc(C(=O)NCc1ccc(F)cc1)c(O)c3=O)C2. The number of nitrogens with one attached hydrogen (secondary N) is 2. The van der Waals surface area contributed by atoms with Crippen molar-refractivity contribution in [3.63, 3.8) is 0 Å². The Balaban J connectivity index is 1.70. The Labute approximate surface area is 172 Å². The maximum Gasteiger partial charge on any atom is 0.296 e. The summed E-state index contributed by atoms with van der Waals surface area (Å²) in [7, 11) is -3.62. The van der Waals surface area contributed by atoms with Gasteiger partial charge in [-0.3, -0.25) is 14.2 Å². The Morgan fingerprint density at radius 3 is 2.73 bits per heavy atom. The molecule has 4 rings (SSSR count). The van der Waals surface area contributed by atoms with Crippen molar-refractivity contribution in [2.24, 2.45) is 5.92 Å². The number of sulfonamides is 1. The quantitative estimate of drug-likeness (QED) is 0.628. The zero-order valence-corrected chi connectivity index (χ0v) is 17.0. The Kier molecular flexibility index (Phi) is 4.89. The lowest BCUT2D eigenvalue weighted by Crippen LogP contribution is -2.50. The molecule has 2 aromatic rings. The normalized spacial score (nSPS) is 22.5. The number of carbonyl (C=O) groups is 1. The molecule has 2 heterocycles. The van der Waals surface area contributed by atoms with Gasteiger partial charge in [-0.05, 0) is 42.9 Å². The molecule has 1 amide bonds. The van der Waals surface area contributed by atoms with E-state index in [-0.39, 0.29) is 18.3 Å². The first-order chi connectivity index (χ1) is 14.1. The van der Waals surface area contributed by atoms with E-state index in [0.29, 0.717) is 31.4 Å². The maximum absolute atomic E-state index is 13.0. The molecule has 0 radical (unpaired) electrons. The number of hydrogen-bond acceptors (Lipinski definition) is 6. The van der Waals surface area contributed by atoms with Crippen molar-refractivity contribution in [1.29, 1.82) is 0 Å². The van der Waals surface area contributed by atoms with Crippen LogP contribution in [0.25, 0.3) is 0 Å². The van der Waals surface area contributed by atoms with Gasteiger partial charge in [-0.2, -0.15) is 0 Å². The number of halogens is 1. The van der Waals surface area contributed by atoms with Crippen LogP contribution in [0.2, 0.25) is 0 Å². The number of carbonyl (C=O) groups excluding carboxylic acids is 1. The molecule has 0 unspecified atom stereocenters. The van der Waals surface area contributed by atoms with Crippen LogP contribution in [0.15, 0.2) is 29.1 Å². The van der Waals surface area contributed by atoms with E-state index in [2.05, 4.69) is 15.0 Å². The molecule has 1 aliphatic carbocycles. The lowest BCUT2D eigenvalue weighted by molar-refractivity contribution is 0.0940. The average Bonchev–Trinajstić information content (AvgIpc) is 3.00. The zero-order valence-electron chi connectivity index (χ0n) is 16.2. The smallest absolute Gasteiger partial charge is 0.296 e. The highest BCUT2D eigenvalue weighted by Gasteiger charge is 2.50. The number of aromatic nitrogens is 2. The van der Waals surface area contributed by atoms with Crippen LogP contribution in [0.5, 0.6) is 5.75 Å². The molecule has 2 atom stereocenters. The van der Waals surface area contributed by atoms with Gasteiger partial charge in [0, 0.05) is 13.1 Å². The monoisotopic (exact) mass is 436 g/mol. The van der Waals surface area contributed by atoms with Gasteiger partial charge in [-0.1, -0.05) is 12.1 Å². The van der Waals surface area contributed by atoms with Crippen molar-refractivity contribution in [3.8, 4) is 5.75 Å². The summed E-state index contributed by atoms with van der Waals surface area (Å²) in [4.78, 5) is 29.6. The highest BCUT2D eigenvalue weighted by molar-refractivity contribution is 7.88. The summed E-state index contributed by atoms with van der Waals surface area (Å²) >= 11 is 0. The first-order valence-corrected chi connectivity index (χ1v) is 11.3. The summed E-state index contributed by atoms with van der Waals surface area (Å²) in [6.45, 7) is 0.340. The summed E-state index contributed by atoms with van der Waals surface area (Å²) in [6.07, 6.45) is 2.63. The lowest BCUT2D eigenvalue weighted by atomic mass is 9.92. The van der Waals surface area contributed by atoms with Crippen molar-refractivity contribution in [3.05, 3.63) is 57.5 Å². The van der Waals surface area contributed by atoms with Crippen LogP contribution in [0.3, 0.4) is 0 Å². The molecule has 160 valence electrons. The molecular weight excluding hydrogens is 415 g/mol. The van der Waals surface area contributed by atoms with Gasteiger partial charge >= 0.3 is 0 Å². The fourth-order valence-corrected chi connectivity index (χ4v) is 5.35. The predicted molar refractivity (Wildman–Crippen MR) is 105 cm³/mol. The number of hydrogen-bond donors (Lipinski definition) is 3. The van der Waals surface area contributed by atoms with Crippen LogP contribution in [0, 0.1) is 11.7 Å². The second-order valence-corrected chi connectivity index (χ2v) is 9.67. The van der Waals surface area contributed by atoms with Gasteiger partial charge in [0.15, 0.2) is 5.69 Å². The number of amides is 1. The third-order valence-electron chi connectivity index (χ3n) is 5.59. The standard InChI is InChI=1S/C19H21FN4O5S/c1-30(28,29)23-19-7-6-12(8-19)10-24-17(27)15(25)14(22-18(19)24)16(26)21-9-11-2-4-13(20)5-3-11/h2-5,12,23,25H,6-10H2,1H3,(H,21,26)/t12-,19-/m1/s1. The number of fused-ring (bicyclic) bond motifs is 4. The van der Waals surface area contributed by atoms with Gasteiger partial charge in [0.25, 0.3) is 11.5 Å². The van der Waals surface area contributed by atoms with Crippen molar-refractivity contribution in [2.75, 3.05) is 6.26 Å². The third-order valence-corrected chi connectivity index (χ3v) is 6.35. The molecule has 30 heavy (non-hydrogen) atoms. The lowest BCUT2D eigenvalue weighted by Gasteiger charge is -2.35. The second kappa shape index (κ2) is 7.17. The molecule has 1 fully saturated rings. The van der Waals surface area contributed by atoms with Gasteiger partial charge in [0.1, 0.15) is 11.6 Å². The molecule has 2 aliphatic rings. The van der Waals surface area contributed by atoms with Crippen molar-refractivity contribution in [2.45, 2.75) is 37.9 Å². The minimum absolute atomic E-state index is 0.0352. The Morgan fingerprint density at radius 2 is 2.07 bits per heavy atom. The Bertz CT molecular complexity index is 1180. The van der Waals surface area contributed by atoms with Crippen LogP contribution < -0.4 is 15.6 Å². The number of aromatic hydroxyl groups is 1. The van der Waals surface area contributed by atoms with Gasteiger partial charge in [0.05, 0.1) is 11.8 Å². The summed E-state index contributed by atoms with van der Waals surface area (Å²) in [5, 5.41) is 12.9. The topological polar surface area (TPSA) is 130 Å². The van der Waals surface area contributed by atoms with Crippen LogP contribution in [0.1, 0.15) is 41.1 Å². The highest BCUT2D eigenvalue weighted by Crippen LogP contribution is 2.46. The molecule has 3 N–H and O–H groups in total. The van der Waals surface area contributed by atoms with Crippen LogP contribution >= 0.6 is 0 Å². The van der Waals surface area contributed by atoms with E-state index in [0.717, 1.165) is 6.26 Å². The van der Waals surface area contributed by atoms with E-state index in [1.807, 2.05) is 0 Å². The van der Waals surface area contributed by atoms with E-state index in [1.54, 1.807) is 0 Å². The van der Waals surface area contributed by atoms with Gasteiger partial charge in [0.2, 0.25) is 15.8 Å². The number of nitrogens with zero attached hydrogens (tertiary/aromatic N) is 2. The molecule has 0 spiro atoms. The molecule has 1 aromatic heterocycles. The average molecular weight is 436 g/mol. The summed E-state index contributed by atoms with van der Waals surface area (Å²) in [5.41, 5.74) is -1.71. The molecule has 1 aliphatic heterocycles. The zero-order chi connectivity index (χ0) is 21.7. The first kappa shape index (κ1) is 20.5. The second-order valence-electron chi connectivity index (χ2n) is 7.92. The van der Waals surface area contributed by atoms with E-state index >= 15 is 0 Å². The van der Waals surface area contributed by atoms with Gasteiger partial charge in [-0.25, -0.2) is 22.5 Å². The van der Waals surface area contributed by atoms with Crippen LogP contribution in [0.4, 0.5) is 4.39 Å². The summed E-state index contributed by atoms with van der Waals surface area (Å²) in [5.74, 6) is -1.77. The molecule has 1 saturated carbocycles. The minimum atomic E-state index is -3.62. The number of benzene rings is 1. The van der Waals surface area contributed by atoms with Crippen LogP contribution in [-0.2, 0) is 28.7 Å².